The van der Waals surface area contributed by atoms with Gasteiger partial charge in [-0.05, 0) is 6.92 Å². The van der Waals surface area contributed by atoms with Crippen LogP contribution in [0.3, 0.4) is 0 Å². The van der Waals surface area contributed by atoms with Gasteiger partial charge in [-0.1, -0.05) is 0 Å². The van der Waals surface area contributed by atoms with Crippen molar-refractivity contribution in [2.45, 2.75) is 13.2 Å². The Morgan fingerprint density at radius 2 is 2.18 bits per heavy atom. The Kier molecular flexibility index (Phi) is 7.83. The van der Waals surface area contributed by atoms with Crippen LogP contribution in [-0.4, -0.2) is 39.8 Å². The average molecular weight is 163 g/mol. The summed E-state index contributed by atoms with van der Waals surface area (Å²) < 4.78 is 15.2. The van der Waals surface area contributed by atoms with Gasteiger partial charge in [0.15, 0.2) is 6.29 Å². The maximum Gasteiger partial charge on any atom is 0.180 e. The zero-order chi connectivity index (χ0) is 8.53. The molecule has 0 fully saturated rings. The molecule has 0 saturated heterocycles. The van der Waals surface area contributed by atoms with Gasteiger partial charge < -0.3 is 19.9 Å². The minimum absolute atomic E-state index is 0.258. The van der Waals surface area contributed by atoms with E-state index in [2.05, 4.69) is 0 Å². The van der Waals surface area contributed by atoms with Crippen molar-refractivity contribution in [3.05, 3.63) is 0 Å². The molecule has 0 aromatic rings. The van der Waals surface area contributed by atoms with Gasteiger partial charge in [0.2, 0.25) is 0 Å². The van der Waals surface area contributed by atoms with Crippen molar-refractivity contribution in [1.82, 2.24) is 0 Å². The van der Waals surface area contributed by atoms with Crippen LogP contribution >= 0.6 is 0 Å². The van der Waals surface area contributed by atoms with E-state index in [1.54, 1.807) is 7.11 Å². The topological polar surface area (TPSA) is 53.7 Å². The van der Waals surface area contributed by atoms with Crippen molar-refractivity contribution in [2.75, 3.05) is 33.5 Å². The smallest absolute Gasteiger partial charge is 0.180 e. The summed E-state index contributed by atoms with van der Waals surface area (Å²) in [6.07, 6.45) is -0.258. The molecule has 2 N–H and O–H groups in total. The molecule has 0 aromatic heterocycles. The number of rotatable bonds is 7. The SMILES string of the molecule is CCOC(COCCN)OC. The highest BCUT2D eigenvalue weighted by atomic mass is 16.7. The quantitative estimate of drug-likeness (QED) is 0.423. The normalized spacial score (nSPS) is 13.4. The van der Waals surface area contributed by atoms with E-state index in [1.165, 1.54) is 0 Å². The van der Waals surface area contributed by atoms with Crippen molar-refractivity contribution in [1.29, 1.82) is 0 Å². The standard InChI is InChI=1S/C7H17NO3/c1-3-11-7(9-2)6-10-5-4-8/h7H,3-6,8H2,1-2H3. The molecule has 0 aliphatic rings. The molecule has 68 valence electrons. The minimum Gasteiger partial charge on any atom is -0.375 e. The molecule has 0 rings (SSSR count). The van der Waals surface area contributed by atoms with Crippen molar-refractivity contribution in [3.8, 4) is 0 Å². The van der Waals surface area contributed by atoms with Crippen LogP contribution in [0.2, 0.25) is 0 Å². The third kappa shape index (κ3) is 6.25. The fraction of sp³-hybridized carbons (Fsp3) is 1.00. The van der Waals surface area contributed by atoms with Crippen LogP contribution in [0.1, 0.15) is 6.92 Å². The zero-order valence-electron chi connectivity index (χ0n) is 7.21. The van der Waals surface area contributed by atoms with Gasteiger partial charge >= 0.3 is 0 Å². The predicted molar refractivity (Wildman–Crippen MR) is 42.3 cm³/mol. The highest BCUT2D eigenvalue weighted by Crippen LogP contribution is 1.93. The molecular formula is C7H17NO3. The molecule has 1 atom stereocenters. The lowest BCUT2D eigenvalue weighted by molar-refractivity contribution is -0.153. The Hall–Kier alpha value is -0.160. The first-order chi connectivity index (χ1) is 5.35. The molecule has 4 nitrogen and oxygen atoms in total. The van der Waals surface area contributed by atoms with Crippen LogP contribution in [-0.2, 0) is 14.2 Å². The lowest BCUT2D eigenvalue weighted by Gasteiger charge is -2.14. The van der Waals surface area contributed by atoms with Gasteiger partial charge in [0, 0.05) is 20.3 Å². The summed E-state index contributed by atoms with van der Waals surface area (Å²) in [6.45, 7) is 4.07. The fourth-order valence-electron chi connectivity index (χ4n) is 0.633. The molecule has 0 saturated carbocycles. The van der Waals surface area contributed by atoms with Gasteiger partial charge in [-0.15, -0.1) is 0 Å². The highest BCUT2D eigenvalue weighted by Gasteiger charge is 2.04. The van der Waals surface area contributed by atoms with E-state index in [-0.39, 0.29) is 6.29 Å². The maximum atomic E-state index is 5.22. The van der Waals surface area contributed by atoms with Crippen molar-refractivity contribution >= 4 is 0 Å². The van der Waals surface area contributed by atoms with Crippen molar-refractivity contribution in [3.63, 3.8) is 0 Å². The van der Waals surface area contributed by atoms with Gasteiger partial charge in [0.1, 0.15) is 0 Å². The van der Waals surface area contributed by atoms with Gasteiger partial charge in [-0.3, -0.25) is 0 Å². The number of nitrogens with two attached hydrogens (primary N) is 1. The van der Waals surface area contributed by atoms with Crippen LogP contribution in [0.15, 0.2) is 0 Å². The van der Waals surface area contributed by atoms with E-state index < -0.39 is 0 Å². The van der Waals surface area contributed by atoms with E-state index in [4.69, 9.17) is 19.9 Å². The van der Waals surface area contributed by atoms with E-state index in [9.17, 15) is 0 Å². The lowest BCUT2D eigenvalue weighted by Crippen LogP contribution is -2.23. The Bertz CT molecular complexity index is 80.1. The van der Waals surface area contributed by atoms with Crippen LogP contribution in [0.4, 0.5) is 0 Å². The average Bonchev–Trinajstić information content (AvgIpc) is 2.03. The molecule has 0 aliphatic carbocycles. The van der Waals surface area contributed by atoms with E-state index in [0.29, 0.717) is 26.4 Å². The van der Waals surface area contributed by atoms with Crippen LogP contribution in [0, 0.1) is 0 Å². The molecule has 0 spiro atoms. The molecular weight excluding hydrogens is 146 g/mol. The third-order valence-electron chi connectivity index (χ3n) is 1.13. The number of methoxy groups -OCH3 is 1. The molecule has 0 amide bonds. The van der Waals surface area contributed by atoms with Crippen LogP contribution in [0.5, 0.6) is 0 Å². The fourth-order valence-corrected chi connectivity index (χ4v) is 0.633. The number of hydrogen-bond donors (Lipinski definition) is 1. The van der Waals surface area contributed by atoms with Gasteiger partial charge in [0.25, 0.3) is 0 Å². The molecule has 0 aliphatic heterocycles. The van der Waals surface area contributed by atoms with E-state index in [0.717, 1.165) is 0 Å². The van der Waals surface area contributed by atoms with Crippen LogP contribution in [0.25, 0.3) is 0 Å². The van der Waals surface area contributed by atoms with Gasteiger partial charge in [0.05, 0.1) is 13.2 Å². The summed E-state index contributed by atoms with van der Waals surface area (Å²) in [4.78, 5) is 0. The first kappa shape index (κ1) is 10.8. The summed E-state index contributed by atoms with van der Waals surface area (Å²) in [5.41, 5.74) is 5.22. The summed E-state index contributed by atoms with van der Waals surface area (Å²) in [7, 11) is 1.59. The molecule has 4 heteroatoms. The molecule has 0 radical (unpaired) electrons. The second kappa shape index (κ2) is 7.94. The molecule has 1 unspecified atom stereocenters. The Morgan fingerprint density at radius 1 is 1.45 bits per heavy atom. The predicted octanol–water partition coefficient (Wildman–Crippen LogP) is -0.0293. The second-order valence-corrected chi connectivity index (χ2v) is 1.98. The summed E-state index contributed by atoms with van der Waals surface area (Å²) in [6, 6.07) is 0. The summed E-state index contributed by atoms with van der Waals surface area (Å²) in [5.74, 6) is 0. The zero-order valence-corrected chi connectivity index (χ0v) is 7.21. The monoisotopic (exact) mass is 163 g/mol. The maximum absolute atomic E-state index is 5.22. The highest BCUT2D eigenvalue weighted by molar-refractivity contribution is 4.40. The Morgan fingerprint density at radius 3 is 2.64 bits per heavy atom. The van der Waals surface area contributed by atoms with Gasteiger partial charge in [-0.2, -0.15) is 0 Å². The van der Waals surface area contributed by atoms with Crippen molar-refractivity contribution < 1.29 is 14.2 Å². The number of hydrogen-bond acceptors (Lipinski definition) is 4. The second-order valence-electron chi connectivity index (χ2n) is 1.98. The molecule has 0 heterocycles. The third-order valence-corrected chi connectivity index (χ3v) is 1.13. The Labute approximate surface area is 67.6 Å². The van der Waals surface area contributed by atoms with Crippen LogP contribution < -0.4 is 5.73 Å². The van der Waals surface area contributed by atoms with E-state index in [1.807, 2.05) is 6.92 Å². The van der Waals surface area contributed by atoms with Gasteiger partial charge in [-0.25, -0.2) is 0 Å². The number of ether oxygens (including phenoxy) is 3. The largest absolute Gasteiger partial charge is 0.375 e. The first-order valence-electron chi connectivity index (χ1n) is 3.77. The summed E-state index contributed by atoms with van der Waals surface area (Å²) in [5, 5.41) is 0. The minimum atomic E-state index is -0.258. The molecule has 0 bridgehead atoms. The van der Waals surface area contributed by atoms with E-state index >= 15 is 0 Å². The molecule has 0 aromatic carbocycles. The molecule has 11 heavy (non-hydrogen) atoms. The lowest BCUT2D eigenvalue weighted by atomic mass is 10.6. The van der Waals surface area contributed by atoms with Crippen molar-refractivity contribution in [2.24, 2.45) is 5.73 Å². The first-order valence-corrected chi connectivity index (χ1v) is 3.77. The summed E-state index contributed by atoms with van der Waals surface area (Å²) >= 11 is 0. The Balaban J connectivity index is 3.20.